The lowest BCUT2D eigenvalue weighted by molar-refractivity contribution is -0.139. The molecule has 2 aromatic carbocycles. The fourth-order valence-electron chi connectivity index (χ4n) is 3.57. The smallest absolute Gasteiger partial charge is 0.417 e. The lowest BCUT2D eigenvalue weighted by Gasteiger charge is -2.34. The number of hydrogen-bond acceptors (Lipinski definition) is 6. The van der Waals surface area contributed by atoms with Gasteiger partial charge >= 0.3 is 6.18 Å². The van der Waals surface area contributed by atoms with Crippen molar-refractivity contribution in [2.45, 2.75) is 11.1 Å². The van der Waals surface area contributed by atoms with E-state index in [1.165, 1.54) is 23.5 Å². The standard InChI is InChI=1S/C21H20F3N3O3S2/c1-30-18-8-4-2-6-15(18)17-14-31-20(25-17)26-10-12-27(13-11-26)32(28,29)19-9-5-3-7-16(19)21(22,23)24/h2-9,14H,10-13H2,1H3. The Balaban J connectivity index is 1.50. The summed E-state index contributed by atoms with van der Waals surface area (Å²) in [6.07, 6.45) is -4.75. The highest BCUT2D eigenvalue weighted by Gasteiger charge is 2.39. The number of para-hydroxylation sites is 1. The zero-order valence-electron chi connectivity index (χ0n) is 17.0. The van der Waals surface area contributed by atoms with E-state index >= 15 is 0 Å². The molecule has 11 heteroatoms. The zero-order valence-corrected chi connectivity index (χ0v) is 18.7. The maximum absolute atomic E-state index is 13.3. The molecular weight excluding hydrogens is 463 g/mol. The summed E-state index contributed by atoms with van der Waals surface area (Å²) in [7, 11) is -2.69. The second-order valence-electron chi connectivity index (χ2n) is 7.10. The van der Waals surface area contributed by atoms with Gasteiger partial charge in [0.05, 0.1) is 23.3 Å². The van der Waals surface area contributed by atoms with Crippen molar-refractivity contribution in [2.24, 2.45) is 0 Å². The maximum atomic E-state index is 13.3. The Hall–Kier alpha value is -2.63. The number of hydrogen-bond donors (Lipinski definition) is 0. The van der Waals surface area contributed by atoms with E-state index in [4.69, 9.17) is 4.74 Å². The summed E-state index contributed by atoms with van der Waals surface area (Å²) in [5.74, 6) is 0.698. The minimum atomic E-state index is -4.75. The van der Waals surface area contributed by atoms with E-state index in [1.54, 1.807) is 7.11 Å². The van der Waals surface area contributed by atoms with Crippen molar-refractivity contribution >= 4 is 26.5 Å². The van der Waals surface area contributed by atoms with Crippen molar-refractivity contribution in [3.8, 4) is 17.0 Å². The molecule has 1 aliphatic rings. The SMILES string of the molecule is COc1ccccc1-c1csc(N2CCN(S(=O)(=O)c3ccccc3C(F)(F)F)CC2)n1. The van der Waals surface area contributed by atoms with Crippen LogP contribution in [0.15, 0.2) is 58.8 Å². The molecular formula is C21H20F3N3O3S2. The molecule has 6 nitrogen and oxygen atoms in total. The Morgan fingerprint density at radius 2 is 1.66 bits per heavy atom. The van der Waals surface area contributed by atoms with Gasteiger partial charge in [-0.05, 0) is 24.3 Å². The predicted molar refractivity (Wildman–Crippen MR) is 117 cm³/mol. The Morgan fingerprint density at radius 1 is 1.00 bits per heavy atom. The summed E-state index contributed by atoms with van der Waals surface area (Å²) in [5, 5.41) is 2.62. The molecule has 4 rings (SSSR count). The van der Waals surface area contributed by atoms with Gasteiger partial charge in [0.15, 0.2) is 5.13 Å². The number of benzene rings is 2. The molecule has 0 atom stereocenters. The normalized spacial score (nSPS) is 15.7. The maximum Gasteiger partial charge on any atom is 0.417 e. The first-order valence-corrected chi connectivity index (χ1v) is 12.0. The Labute approximate surface area is 187 Å². The number of anilines is 1. The van der Waals surface area contributed by atoms with Crippen LogP contribution in [0.2, 0.25) is 0 Å². The topological polar surface area (TPSA) is 62.7 Å². The monoisotopic (exact) mass is 483 g/mol. The summed E-state index contributed by atoms with van der Waals surface area (Å²) >= 11 is 1.42. The molecule has 0 spiro atoms. The van der Waals surface area contributed by atoms with Crippen LogP contribution >= 0.6 is 11.3 Å². The van der Waals surface area contributed by atoms with E-state index in [-0.39, 0.29) is 13.1 Å². The molecule has 0 radical (unpaired) electrons. The lowest BCUT2D eigenvalue weighted by atomic mass is 10.1. The van der Waals surface area contributed by atoms with Gasteiger partial charge in [-0.25, -0.2) is 13.4 Å². The number of rotatable bonds is 5. The number of halogens is 3. The van der Waals surface area contributed by atoms with Crippen LogP contribution < -0.4 is 9.64 Å². The Kier molecular flexibility index (Phi) is 6.15. The second kappa shape index (κ2) is 8.72. The molecule has 2 heterocycles. The van der Waals surface area contributed by atoms with Crippen molar-refractivity contribution in [3.63, 3.8) is 0 Å². The first kappa shape index (κ1) is 22.6. The number of thiazole rings is 1. The van der Waals surface area contributed by atoms with Crippen molar-refractivity contribution in [1.82, 2.24) is 9.29 Å². The Bertz CT molecular complexity index is 1200. The molecule has 1 fully saturated rings. The summed E-state index contributed by atoms with van der Waals surface area (Å²) < 4.78 is 72.3. The lowest BCUT2D eigenvalue weighted by Crippen LogP contribution is -2.48. The number of piperazine rings is 1. The first-order chi connectivity index (χ1) is 15.2. The van der Waals surface area contributed by atoms with Gasteiger partial charge in [0.1, 0.15) is 5.75 Å². The van der Waals surface area contributed by atoms with Crippen molar-refractivity contribution in [2.75, 3.05) is 38.2 Å². The van der Waals surface area contributed by atoms with Gasteiger partial charge in [0.25, 0.3) is 0 Å². The van der Waals surface area contributed by atoms with Crippen LogP contribution in [0.5, 0.6) is 5.75 Å². The summed E-state index contributed by atoms with van der Waals surface area (Å²) in [6.45, 7) is 0.786. The average Bonchev–Trinajstić information content (AvgIpc) is 3.29. The molecule has 0 amide bonds. The van der Waals surface area contributed by atoms with E-state index < -0.39 is 26.7 Å². The van der Waals surface area contributed by atoms with E-state index in [9.17, 15) is 21.6 Å². The minimum Gasteiger partial charge on any atom is -0.496 e. The van der Waals surface area contributed by atoms with E-state index in [0.29, 0.717) is 18.8 Å². The van der Waals surface area contributed by atoms with Gasteiger partial charge in [-0.2, -0.15) is 17.5 Å². The van der Waals surface area contributed by atoms with E-state index in [0.717, 1.165) is 32.8 Å². The molecule has 32 heavy (non-hydrogen) atoms. The van der Waals surface area contributed by atoms with Gasteiger partial charge in [-0.3, -0.25) is 0 Å². The highest BCUT2D eigenvalue weighted by Crippen LogP contribution is 2.36. The molecule has 0 aliphatic carbocycles. The summed E-state index contributed by atoms with van der Waals surface area (Å²) in [4.78, 5) is 5.87. The molecule has 3 aromatic rings. The number of sulfonamides is 1. The first-order valence-electron chi connectivity index (χ1n) is 9.72. The van der Waals surface area contributed by atoms with Crippen molar-refractivity contribution in [1.29, 1.82) is 0 Å². The van der Waals surface area contributed by atoms with Gasteiger partial charge < -0.3 is 9.64 Å². The average molecular weight is 484 g/mol. The fourth-order valence-corrected chi connectivity index (χ4v) is 6.09. The van der Waals surface area contributed by atoms with Crippen LogP contribution in [0.25, 0.3) is 11.3 Å². The third-order valence-electron chi connectivity index (χ3n) is 5.19. The van der Waals surface area contributed by atoms with E-state index in [1.807, 2.05) is 34.5 Å². The molecule has 1 aromatic heterocycles. The highest BCUT2D eigenvalue weighted by molar-refractivity contribution is 7.89. The number of alkyl halides is 3. The molecule has 0 bridgehead atoms. The largest absolute Gasteiger partial charge is 0.496 e. The van der Waals surface area contributed by atoms with Gasteiger partial charge in [-0.15, -0.1) is 11.3 Å². The second-order valence-corrected chi connectivity index (χ2v) is 9.84. The zero-order chi connectivity index (χ0) is 22.9. The molecule has 0 saturated carbocycles. The van der Waals surface area contributed by atoms with Gasteiger partial charge in [-0.1, -0.05) is 24.3 Å². The number of nitrogens with zero attached hydrogens (tertiary/aromatic N) is 3. The van der Waals surface area contributed by atoms with Crippen LogP contribution in [-0.2, 0) is 16.2 Å². The molecule has 0 N–H and O–H groups in total. The third kappa shape index (κ3) is 4.32. The minimum absolute atomic E-state index is 0.0676. The highest BCUT2D eigenvalue weighted by atomic mass is 32.2. The number of ether oxygens (including phenoxy) is 1. The Morgan fingerprint density at radius 3 is 2.34 bits per heavy atom. The summed E-state index contributed by atoms with van der Waals surface area (Å²) in [5.41, 5.74) is 0.447. The summed E-state index contributed by atoms with van der Waals surface area (Å²) in [6, 6.07) is 11.8. The molecule has 1 aliphatic heterocycles. The van der Waals surface area contributed by atoms with E-state index in [2.05, 4.69) is 4.98 Å². The van der Waals surface area contributed by atoms with Crippen molar-refractivity contribution in [3.05, 3.63) is 59.5 Å². The van der Waals surface area contributed by atoms with Gasteiger partial charge in [0.2, 0.25) is 10.0 Å². The van der Waals surface area contributed by atoms with Gasteiger partial charge in [0, 0.05) is 37.1 Å². The number of aromatic nitrogens is 1. The number of methoxy groups -OCH3 is 1. The van der Waals surface area contributed by atoms with Crippen LogP contribution in [0.4, 0.5) is 18.3 Å². The quantitative estimate of drug-likeness (QED) is 0.540. The van der Waals surface area contributed by atoms with Crippen LogP contribution in [0.3, 0.4) is 0 Å². The fraction of sp³-hybridized carbons (Fsp3) is 0.286. The molecule has 1 saturated heterocycles. The molecule has 0 unspecified atom stereocenters. The van der Waals surface area contributed by atoms with Crippen LogP contribution in [-0.4, -0.2) is 51.0 Å². The third-order valence-corrected chi connectivity index (χ3v) is 8.05. The predicted octanol–water partition coefficient (Wildman–Crippen LogP) is 4.35. The van der Waals surface area contributed by atoms with Crippen molar-refractivity contribution < 1.29 is 26.3 Å². The van der Waals surface area contributed by atoms with Crippen LogP contribution in [0.1, 0.15) is 5.56 Å². The van der Waals surface area contributed by atoms with Crippen LogP contribution in [0, 0.1) is 0 Å². The molecule has 170 valence electrons.